The zero-order chi connectivity index (χ0) is 22.4. The summed E-state index contributed by atoms with van der Waals surface area (Å²) in [5.41, 5.74) is 0.728. The predicted octanol–water partition coefficient (Wildman–Crippen LogP) is 1.20. The molecule has 2 aromatic rings. The van der Waals surface area contributed by atoms with Gasteiger partial charge >= 0.3 is 0 Å². The van der Waals surface area contributed by atoms with Crippen LogP contribution in [-0.4, -0.2) is 64.9 Å². The zero-order valence-electron chi connectivity index (χ0n) is 17.2. The van der Waals surface area contributed by atoms with Gasteiger partial charge < -0.3 is 15.1 Å². The number of piperazine rings is 1. The maximum absolute atomic E-state index is 14.0. The van der Waals surface area contributed by atoms with Crippen LogP contribution in [-0.2, 0) is 14.8 Å². The van der Waals surface area contributed by atoms with E-state index < -0.39 is 21.7 Å². The fourth-order valence-electron chi connectivity index (χ4n) is 3.35. The van der Waals surface area contributed by atoms with E-state index in [2.05, 4.69) is 14.9 Å². The van der Waals surface area contributed by atoms with Crippen molar-refractivity contribution in [1.29, 1.82) is 0 Å². The quantitative estimate of drug-likeness (QED) is 0.663. The highest BCUT2D eigenvalue weighted by Gasteiger charge is 2.22. The molecule has 0 spiro atoms. The third-order valence-corrected chi connectivity index (χ3v) is 6.55. The summed E-state index contributed by atoms with van der Waals surface area (Å²) in [7, 11) is -2.58. The second-order valence-electron chi connectivity index (χ2n) is 7.06. The lowest BCUT2D eigenvalue weighted by Gasteiger charge is -2.36. The van der Waals surface area contributed by atoms with Crippen LogP contribution in [0.1, 0.15) is 16.8 Å². The normalized spacial score (nSPS) is 14.4. The molecule has 2 N–H and O–H groups in total. The molecular formula is C21H25FN4O4S. The van der Waals surface area contributed by atoms with Crippen molar-refractivity contribution in [2.75, 3.05) is 44.7 Å². The second kappa shape index (κ2) is 9.88. The fraction of sp³-hybridized carbons (Fsp3) is 0.333. The van der Waals surface area contributed by atoms with Crippen LogP contribution in [0.15, 0.2) is 53.4 Å². The summed E-state index contributed by atoms with van der Waals surface area (Å²) in [6.45, 7) is 2.64. The van der Waals surface area contributed by atoms with E-state index in [1.165, 1.54) is 7.05 Å². The summed E-state index contributed by atoms with van der Waals surface area (Å²) in [6.07, 6.45) is 0.0766. The predicted molar refractivity (Wildman–Crippen MR) is 115 cm³/mol. The van der Waals surface area contributed by atoms with E-state index in [0.29, 0.717) is 13.1 Å². The number of hydrogen-bond acceptors (Lipinski definition) is 5. The summed E-state index contributed by atoms with van der Waals surface area (Å²) in [4.78, 5) is 28.5. The smallest absolute Gasteiger partial charge is 0.254 e. The van der Waals surface area contributed by atoms with E-state index in [-0.39, 0.29) is 29.3 Å². The first-order valence-electron chi connectivity index (χ1n) is 9.91. The first-order chi connectivity index (χ1) is 14.8. The molecule has 8 nitrogen and oxygen atoms in total. The van der Waals surface area contributed by atoms with E-state index in [9.17, 15) is 22.4 Å². The maximum Gasteiger partial charge on any atom is 0.254 e. The van der Waals surface area contributed by atoms with Gasteiger partial charge in [-0.1, -0.05) is 18.2 Å². The Morgan fingerprint density at radius 3 is 2.35 bits per heavy atom. The Morgan fingerprint density at radius 2 is 1.71 bits per heavy atom. The van der Waals surface area contributed by atoms with Crippen molar-refractivity contribution in [3.63, 3.8) is 0 Å². The molecule has 1 saturated heterocycles. The highest BCUT2D eigenvalue weighted by molar-refractivity contribution is 7.89. The summed E-state index contributed by atoms with van der Waals surface area (Å²) in [5.74, 6) is -1.71. The highest BCUT2D eigenvalue weighted by atomic mass is 32.2. The minimum absolute atomic E-state index is 0.0268. The third-order valence-electron chi connectivity index (χ3n) is 5.14. The lowest BCUT2D eigenvalue weighted by Crippen LogP contribution is -2.49. The molecule has 0 atom stereocenters. The Kier molecular flexibility index (Phi) is 7.24. The SMILES string of the molecule is CNS(=O)(=O)c1ccc(F)c(C(=O)NCCC(=O)N2CCN(c3ccccc3)CC2)c1. The van der Waals surface area contributed by atoms with Crippen LogP contribution in [0.2, 0.25) is 0 Å². The van der Waals surface area contributed by atoms with Gasteiger partial charge in [0.25, 0.3) is 5.91 Å². The van der Waals surface area contributed by atoms with Gasteiger partial charge in [0, 0.05) is 44.8 Å². The summed E-state index contributed by atoms with van der Waals surface area (Å²) >= 11 is 0. The van der Waals surface area contributed by atoms with Crippen molar-refractivity contribution in [3.8, 4) is 0 Å². The number of nitrogens with one attached hydrogen (secondary N) is 2. The van der Waals surface area contributed by atoms with Crippen molar-refractivity contribution >= 4 is 27.5 Å². The number of halogens is 1. The molecule has 0 aliphatic carbocycles. The molecule has 1 aliphatic heterocycles. The largest absolute Gasteiger partial charge is 0.368 e. The molecule has 2 aromatic carbocycles. The molecule has 1 fully saturated rings. The van der Waals surface area contributed by atoms with Crippen LogP contribution in [0.3, 0.4) is 0 Å². The van der Waals surface area contributed by atoms with E-state index in [1.54, 1.807) is 4.90 Å². The van der Waals surface area contributed by atoms with Crippen molar-refractivity contribution in [2.45, 2.75) is 11.3 Å². The van der Waals surface area contributed by atoms with Crippen LogP contribution in [0.25, 0.3) is 0 Å². The number of anilines is 1. The summed E-state index contributed by atoms with van der Waals surface area (Å²) in [5, 5.41) is 2.49. The van der Waals surface area contributed by atoms with E-state index in [0.717, 1.165) is 37.0 Å². The summed E-state index contributed by atoms with van der Waals surface area (Å²) < 4.78 is 39.8. The minimum atomic E-state index is -3.81. The van der Waals surface area contributed by atoms with Gasteiger partial charge in [0.2, 0.25) is 15.9 Å². The number of sulfonamides is 1. The Hall–Kier alpha value is -2.98. The van der Waals surface area contributed by atoms with Crippen molar-refractivity contribution in [2.24, 2.45) is 0 Å². The van der Waals surface area contributed by atoms with Crippen molar-refractivity contribution < 1.29 is 22.4 Å². The Bertz CT molecular complexity index is 1040. The number of nitrogens with zero attached hydrogens (tertiary/aromatic N) is 2. The molecule has 31 heavy (non-hydrogen) atoms. The third kappa shape index (κ3) is 5.59. The van der Waals surface area contributed by atoms with Gasteiger partial charge in [-0.15, -0.1) is 0 Å². The van der Waals surface area contributed by atoms with Gasteiger partial charge in [0.1, 0.15) is 5.82 Å². The Balaban J connectivity index is 1.50. The molecule has 2 amide bonds. The molecule has 0 radical (unpaired) electrons. The molecule has 0 bridgehead atoms. The number of rotatable bonds is 7. The topological polar surface area (TPSA) is 98.8 Å². The molecule has 10 heteroatoms. The standard InChI is InChI=1S/C21H25FN4O4S/c1-23-31(29,30)17-7-8-19(22)18(15-17)21(28)24-10-9-20(27)26-13-11-25(12-14-26)16-5-3-2-4-6-16/h2-8,15,23H,9-14H2,1H3,(H,24,28). The van der Waals surface area contributed by atoms with Crippen molar-refractivity contribution in [1.82, 2.24) is 14.9 Å². The summed E-state index contributed by atoms with van der Waals surface area (Å²) in [6, 6.07) is 12.9. The van der Waals surface area contributed by atoms with Gasteiger partial charge in [-0.25, -0.2) is 17.5 Å². The number of carbonyl (C=O) groups excluding carboxylic acids is 2. The zero-order valence-corrected chi connectivity index (χ0v) is 18.0. The lowest BCUT2D eigenvalue weighted by molar-refractivity contribution is -0.131. The molecule has 0 aromatic heterocycles. The van der Waals surface area contributed by atoms with Crippen LogP contribution < -0.4 is 14.9 Å². The lowest BCUT2D eigenvalue weighted by atomic mass is 10.2. The molecular weight excluding hydrogens is 423 g/mol. The molecule has 1 heterocycles. The van der Waals surface area contributed by atoms with Gasteiger partial charge in [0.05, 0.1) is 10.5 Å². The molecule has 3 rings (SSSR count). The van der Waals surface area contributed by atoms with Gasteiger partial charge in [-0.2, -0.15) is 0 Å². The van der Waals surface area contributed by atoms with Crippen LogP contribution in [0.5, 0.6) is 0 Å². The van der Waals surface area contributed by atoms with E-state index in [4.69, 9.17) is 0 Å². The van der Waals surface area contributed by atoms with Gasteiger partial charge in [0.15, 0.2) is 0 Å². The molecule has 166 valence electrons. The average Bonchev–Trinajstić information content (AvgIpc) is 2.79. The molecule has 0 saturated carbocycles. The van der Waals surface area contributed by atoms with Crippen LogP contribution in [0.4, 0.5) is 10.1 Å². The maximum atomic E-state index is 14.0. The van der Waals surface area contributed by atoms with E-state index in [1.807, 2.05) is 30.3 Å². The minimum Gasteiger partial charge on any atom is -0.368 e. The Labute approximate surface area is 181 Å². The first kappa shape index (κ1) is 22.7. The van der Waals surface area contributed by atoms with Gasteiger partial charge in [-0.05, 0) is 37.4 Å². The monoisotopic (exact) mass is 448 g/mol. The number of carbonyl (C=O) groups is 2. The second-order valence-corrected chi connectivity index (χ2v) is 8.95. The van der Waals surface area contributed by atoms with Gasteiger partial charge in [-0.3, -0.25) is 9.59 Å². The van der Waals surface area contributed by atoms with Crippen LogP contribution >= 0.6 is 0 Å². The molecule has 0 unspecified atom stereocenters. The Morgan fingerprint density at radius 1 is 1.03 bits per heavy atom. The molecule has 1 aliphatic rings. The number of amides is 2. The number of para-hydroxylation sites is 1. The van der Waals surface area contributed by atoms with Crippen LogP contribution in [0, 0.1) is 5.82 Å². The van der Waals surface area contributed by atoms with Crippen molar-refractivity contribution in [3.05, 3.63) is 59.9 Å². The average molecular weight is 449 g/mol. The first-order valence-corrected chi connectivity index (χ1v) is 11.4. The van der Waals surface area contributed by atoms with E-state index >= 15 is 0 Å². The number of benzene rings is 2. The highest BCUT2D eigenvalue weighted by Crippen LogP contribution is 2.16. The number of hydrogen-bond donors (Lipinski definition) is 2. The fourth-order valence-corrected chi connectivity index (χ4v) is 4.11.